The lowest BCUT2D eigenvalue weighted by Crippen LogP contribution is -2.22. The average molecular weight is 127 g/mol. The van der Waals surface area contributed by atoms with Gasteiger partial charge in [0.25, 0.3) is 0 Å². The van der Waals surface area contributed by atoms with Crippen molar-refractivity contribution in [3.8, 4) is 0 Å². The Morgan fingerprint density at radius 3 is 2.89 bits per heavy atom. The second-order valence-electron chi connectivity index (χ2n) is 2.72. The lowest BCUT2D eigenvalue weighted by Gasteiger charge is -2.12. The number of hydrogen-bond acceptors (Lipinski definition) is 2. The Bertz CT molecular complexity index is 101. The molecule has 0 aromatic heterocycles. The normalized spacial score (nSPS) is 24.1. The molecule has 0 radical (unpaired) electrons. The van der Waals surface area contributed by atoms with Crippen molar-refractivity contribution in [2.24, 2.45) is 5.92 Å². The van der Waals surface area contributed by atoms with E-state index in [1.807, 2.05) is 6.20 Å². The quantitative estimate of drug-likeness (QED) is 0.606. The lowest BCUT2D eigenvalue weighted by molar-refractivity contribution is 0.129. The van der Waals surface area contributed by atoms with Crippen LogP contribution in [0.3, 0.4) is 0 Å². The summed E-state index contributed by atoms with van der Waals surface area (Å²) in [5.74, 6) is 0.697. The highest BCUT2D eigenvalue weighted by Crippen LogP contribution is 2.08. The molecule has 0 fully saturated rings. The predicted molar refractivity (Wildman–Crippen MR) is 36.6 cm³/mol. The molecule has 0 saturated heterocycles. The van der Waals surface area contributed by atoms with E-state index in [0.29, 0.717) is 5.92 Å². The molecular formula is C7H13NO. The molecule has 1 aliphatic rings. The first kappa shape index (κ1) is 6.46. The zero-order valence-corrected chi connectivity index (χ0v) is 5.92. The van der Waals surface area contributed by atoms with Crippen molar-refractivity contribution in [2.75, 3.05) is 0 Å². The highest BCUT2D eigenvalue weighted by atomic mass is 16.5. The number of hydrogen-bond donors (Lipinski definition) is 1. The lowest BCUT2D eigenvalue weighted by atomic mass is 10.1. The first-order chi connectivity index (χ1) is 4.29. The van der Waals surface area contributed by atoms with Gasteiger partial charge in [-0.15, -0.1) is 0 Å². The zero-order valence-electron chi connectivity index (χ0n) is 5.92. The maximum Gasteiger partial charge on any atom is 0.169 e. The summed E-state index contributed by atoms with van der Waals surface area (Å²) < 4.78 is 5.17. The number of nitrogens with one attached hydrogen (secondary N) is 1. The van der Waals surface area contributed by atoms with Crippen molar-refractivity contribution in [2.45, 2.75) is 26.5 Å². The predicted octanol–water partition coefficient (Wildman–Crippen LogP) is 1.45. The van der Waals surface area contributed by atoms with Gasteiger partial charge in [0.15, 0.2) is 6.23 Å². The summed E-state index contributed by atoms with van der Waals surface area (Å²) in [6, 6.07) is 0. The summed E-state index contributed by atoms with van der Waals surface area (Å²) in [7, 11) is 0. The molecule has 2 heteroatoms. The first-order valence-corrected chi connectivity index (χ1v) is 3.35. The Morgan fingerprint density at radius 2 is 2.44 bits per heavy atom. The van der Waals surface area contributed by atoms with Gasteiger partial charge in [0.2, 0.25) is 0 Å². The molecule has 52 valence electrons. The van der Waals surface area contributed by atoms with Crippen LogP contribution in [-0.4, -0.2) is 6.23 Å². The third-order valence-electron chi connectivity index (χ3n) is 1.28. The summed E-state index contributed by atoms with van der Waals surface area (Å²) in [6.07, 6.45) is 4.84. The summed E-state index contributed by atoms with van der Waals surface area (Å²) in [4.78, 5) is 0. The van der Waals surface area contributed by atoms with E-state index in [1.54, 1.807) is 6.26 Å². The van der Waals surface area contributed by atoms with Crippen LogP contribution in [0.15, 0.2) is 12.5 Å². The van der Waals surface area contributed by atoms with Crippen LogP contribution in [0.25, 0.3) is 0 Å². The molecule has 0 spiro atoms. The molecule has 9 heavy (non-hydrogen) atoms. The Labute approximate surface area is 55.9 Å². The minimum absolute atomic E-state index is 0.227. The Kier molecular flexibility index (Phi) is 1.98. The average Bonchev–Trinajstić information content (AvgIpc) is 2.15. The van der Waals surface area contributed by atoms with Gasteiger partial charge in [0.1, 0.15) is 6.26 Å². The van der Waals surface area contributed by atoms with Gasteiger partial charge in [0.05, 0.1) is 0 Å². The minimum Gasteiger partial charge on any atom is -0.477 e. The van der Waals surface area contributed by atoms with Crippen LogP contribution in [0, 0.1) is 5.92 Å². The Balaban J connectivity index is 2.14. The molecule has 1 heterocycles. The van der Waals surface area contributed by atoms with Gasteiger partial charge in [0, 0.05) is 12.6 Å². The van der Waals surface area contributed by atoms with E-state index in [1.165, 1.54) is 0 Å². The van der Waals surface area contributed by atoms with Crippen LogP contribution in [0.1, 0.15) is 20.3 Å². The summed E-state index contributed by atoms with van der Waals surface area (Å²) in [5, 5.41) is 3.09. The van der Waals surface area contributed by atoms with Gasteiger partial charge in [-0.2, -0.15) is 0 Å². The van der Waals surface area contributed by atoms with Crippen molar-refractivity contribution in [3.63, 3.8) is 0 Å². The van der Waals surface area contributed by atoms with Crippen molar-refractivity contribution in [3.05, 3.63) is 12.5 Å². The van der Waals surface area contributed by atoms with Gasteiger partial charge in [-0.3, -0.25) is 0 Å². The molecule has 0 amide bonds. The molecule has 0 aromatic rings. The van der Waals surface area contributed by atoms with E-state index >= 15 is 0 Å². The molecule has 1 N–H and O–H groups in total. The molecular weight excluding hydrogens is 114 g/mol. The fourth-order valence-electron chi connectivity index (χ4n) is 0.872. The molecule has 0 bridgehead atoms. The molecule has 0 saturated carbocycles. The highest BCUT2D eigenvalue weighted by molar-refractivity contribution is 4.81. The summed E-state index contributed by atoms with van der Waals surface area (Å²) >= 11 is 0. The Hall–Kier alpha value is -0.660. The number of ether oxygens (including phenoxy) is 1. The van der Waals surface area contributed by atoms with E-state index in [0.717, 1.165) is 6.42 Å². The van der Waals surface area contributed by atoms with E-state index in [-0.39, 0.29) is 6.23 Å². The third kappa shape index (κ3) is 1.96. The van der Waals surface area contributed by atoms with Crippen LogP contribution in [0.5, 0.6) is 0 Å². The smallest absolute Gasteiger partial charge is 0.169 e. The summed E-state index contributed by atoms with van der Waals surface area (Å²) in [6.45, 7) is 4.37. The van der Waals surface area contributed by atoms with Crippen molar-refractivity contribution in [1.29, 1.82) is 0 Å². The largest absolute Gasteiger partial charge is 0.477 e. The highest BCUT2D eigenvalue weighted by Gasteiger charge is 2.10. The van der Waals surface area contributed by atoms with E-state index in [2.05, 4.69) is 19.2 Å². The maximum absolute atomic E-state index is 5.17. The Morgan fingerprint density at radius 1 is 1.67 bits per heavy atom. The molecule has 2 nitrogen and oxygen atoms in total. The van der Waals surface area contributed by atoms with Crippen LogP contribution in [-0.2, 0) is 4.74 Å². The zero-order chi connectivity index (χ0) is 6.69. The van der Waals surface area contributed by atoms with Gasteiger partial charge < -0.3 is 10.1 Å². The van der Waals surface area contributed by atoms with Gasteiger partial charge >= 0.3 is 0 Å². The minimum atomic E-state index is 0.227. The second-order valence-corrected chi connectivity index (χ2v) is 2.72. The standard InChI is InChI=1S/C7H13NO/c1-6(2)5-7-8-3-4-9-7/h3-4,6-8H,5H2,1-2H3. The molecule has 1 aliphatic heterocycles. The van der Waals surface area contributed by atoms with Crippen LogP contribution in [0.4, 0.5) is 0 Å². The maximum atomic E-state index is 5.17. The van der Waals surface area contributed by atoms with Gasteiger partial charge in [-0.25, -0.2) is 0 Å². The molecule has 0 aromatic carbocycles. The second kappa shape index (κ2) is 2.76. The van der Waals surface area contributed by atoms with Crippen LogP contribution in [0.2, 0.25) is 0 Å². The third-order valence-corrected chi connectivity index (χ3v) is 1.28. The number of rotatable bonds is 2. The SMILES string of the molecule is CC(C)CC1NC=CO1. The van der Waals surface area contributed by atoms with Crippen LogP contribution >= 0.6 is 0 Å². The first-order valence-electron chi connectivity index (χ1n) is 3.35. The topological polar surface area (TPSA) is 21.3 Å². The van der Waals surface area contributed by atoms with Crippen molar-refractivity contribution in [1.82, 2.24) is 5.32 Å². The molecule has 1 atom stereocenters. The fraction of sp³-hybridized carbons (Fsp3) is 0.714. The monoisotopic (exact) mass is 127 g/mol. The van der Waals surface area contributed by atoms with E-state index in [9.17, 15) is 0 Å². The van der Waals surface area contributed by atoms with E-state index in [4.69, 9.17) is 4.74 Å². The van der Waals surface area contributed by atoms with Crippen molar-refractivity contribution < 1.29 is 4.74 Å². The molecule has 0 aliphatic carbocycles. The van der Waals surface area contributed by atoms with E-state index < -0.39 is 0 Å². The molecule has 1 unspecified atom stereocenters. The van der Waals surface area contributed by atoms with Crippen molar-refractivity contribution >= 4 is 0 Å². The van der Waals surface area contributed by atoms with Gasteiger partial charge in [-0.1, -0.05) is 13.8 Å². The fourth-order valence-corrected chi connectivity index (χ4v) is 0.872. The van der Waals surface area contributed by atoms with Gasteiger partial charge in [-0.05, 0) is 5.92 Å². The molecule has 1 rings (SSSR count). The van der Waals surface area contributed by atoms with Crippen LogP contribution < -0.4 is 5.32 Å². The summed E-state index contributed by atoms with van der Waals surface area (Å²) in [5.41, 5.74) is 0.